The molecule has 0 saturated heterocycles. The van der Waals surface area contributed by atoms with Crippen LogP contribution in [0.4, 0.5) is 5.13 Å². The van der Waals surface area contributed by atoms with Gasteiger partial charge in [-0.25, -0.2) is 10.4 Å². The van der Waals surface area contributed by atoms with Crippen molar-refractivity contribution in [2.24, 2.45) is 5.10 Å². The third-order valence-corrected chi connectivity index (χ3v) is 6.69. The molecule has 0 aliphatic heterocycles. The van der Waals surface area contributed by atoms with E-state index in [1.165, 1.54) is 17.5 Å². The predicted molar refractivity (Wildman–Crippen MR) is 130 cm³/mol. The minimum atomic E-state index is -0.363. The van der Waals surface area contributed by atoms with Gasteiger partial charge >= 0.3 is 0 Å². The topological polar surface area (TPSA) is 109 Å². The number of carbonyl (C=O) groups is 2. The Morgan fingerprint density at radius 3 is 2.85 bits per heavy atom. The first-order chi connectivity index (χ1) is 16.0. The second-order valence-corrected chi connectivity index (χ2v) is 9.49. The number of rotatable bonds is 4. The van der Waals surface area contributed by atoms with Crippen LogP contribution < -0.4 is 10.7 Å². The van der Waals surface area contributed by atoms with Crippen LogP contribution >= 0.6 is 27.3 Å². The van der Waals surface area contributed by atoms with E-state index >= 15 is 0 Å². The molecule has 0 saturated carbocycles. The summed E-state index contributed by atoms with van der Waals surface area (Å²) in [5.41, 5.74) is 5.98. The molecule has 0 radical (unpaired) electrons. The van der Waals surface area contributed by atoms with Crippen LogP contribution in [0.3, 0.4) is 0 Å². The summed E-state index contributed by atoms with van der Waals surface area (Å²) in [5.74, 6) is 0.213. The molecule has 3 aromatic heterocycles. The molecule has 5 rings (SSSR count). The summed E-state index contributed by atoms with van der Waals surface area (Å²) in [5, 5.41) is 7.70. The van der Waals surface area contributed by atoms with Crippen LogP contribution in [0.25, 0.3) is 10.2 Å². The van der Waals surface area contributed by atoms with Crippen molar-refractivity contribution in [3.63, 3.8) is 0 Å². The van der Waals surface area contributed by atoms with Gasteiger partial charge in [0.05, 0.1) is 21.5 Å². The molecule has 0 bridgehead atoms. The van der Waals surface area contributed by atoms with Gasteiger partial charge in [-0.15, -0.1) is 0 Å². The van der Waals surface area contributed by atoms with Crippen molar-refractivity contribution in [2.45, 2.75) is 26.2 Å². The van der Waals surface area contributed by atoms with Gasteiger partial charge in [0.25, 0.3) is 11.8 Å². The van der Waals surface area contributed by atoms with Gasteiger partial charge < -0.3 is 4.42 Å². The zero-order valence-corrected chi connectivity index (χ0v) is 19.9. The number of carbonyl (C=O) groups excluding carboxylic acids is 2. The van der Waals surface area contributed by atoms with Crippen LogP contribution in [0.5, 0.6) is 0 Å². The molecule has 33 heavy (non-hydrogen) atoms. The van der Waals surface area contributed by atoms with Gasteiger partial charge in [-0.1, -0.05) is 23.5 Å². The van der Waals surface area contributed by atoms with Crippen molar-refractivity contribution in [3.8, 4) is 0 Å². The molecule has 2 N–H and O–H groups in total. The summed E-state index contributed by atoms with van der Waals surface area (Å²) >= 11 is 4.71. The van der Waals surface area contributed by atoms with E-state index in [2.05, 4.69) is 41.7 Å². The molecule has 1 aromatic carbocycles. The van der Waals surface area contributed by atoms with Crippen LogP contribution in [0.1, 0.15) is 50.6 Å². The van der Waals surface area contributed by atoms with Crippen molar-refractivity contribution < 1.29 is 14.0 Å². The van der Waals surface area contributed by atoms with E-state index < -0.39 is 0 Å². The molecule has 1 aliphatic carbocycles. The number of pyridine rings is 1. The number of hydrogen-bond donors (Lipinski definition) is 2. The number of thiazole rings is 1. The Morgan fingerprint density at radius 2 is 2.03 bits per heavy atom. The highest BCUT2D eigenvalue weighted by molar-refractivity contribution is 9.10. The van der Waals surface area contributed by atoms with Crippen LogP contribution in [0, 0.1) is 6.92 Å². The van der Waals surface area contributed by atoms with Crippen molar-refractivity contribution in [1.82, 2.24) is 15.4 Å². The number of hydrazone groups is 1. The molecule has 8 nitrogen and oxygen atoms in total. The minimum Gasteiger partial charge on any atom is -0.455 e. The molecule has 3 heterocycles. The number of aryl methyl sites for hydroxylation is 1. The summed E-state index contributed by atoms with van der Waals surface area (Å²) in [7, 11) is 0. The molecule has 2 amide bonds. The van der Waals surface area contributed by atoms with Crippen LogP contribution in [-0.2, 0) is 6.42 Å². The highest BCUT2D eigenvalue weighted by Crippen LogP contribution is 2.31. The minimum absolute atomic E-state index is 0.233. The molecule has 0 spiro atoms. The Labute approximate surface area is 201 Å². The first kappa shape index (κ1) is 21.5. The van der Waals surface area contributed by atoms with Crippen molar-refractivity contribution >= 4 is 60.1 Å². The van der Waals surface area contributed by atoms with Crippen LogP contribution in [-0.4, -0.2) is 27.5 Å². The summed E-state index contributed by atoms with van der Waals surface area (Å²) in [6, 6.07) is 9.37. The Kier molecular flexibility index (Phi) is 5.77. The normalized spacial score (nSPS) is 14.3. The molecule has 4 aromatic rings. The molecule has 10 heteroatoms. The summed E-state index contributed by atoms with van der Waals surface area (Å²) in [6.45, 7) is 1.83. The second kappa shape index (κ2) is 8.87. The molecule has 0 unspecified atom stereocenters. The number of nitrogens with one attached hydrogen (secondary N) is 2. The fourth-order valence-corrected chi connectivity index (χ4v) is 5.02. The highest BCUT2D eigenvalue weighted by atomic mass is 79.9. The number of anilines is 1. The lowest BCUT2D eigenvalue weighted by atomic mass is 9.93. The van der Waals surface area contributed by atoms with E-state index in [1.807, 2.05) is 31.2 Å². The van der Waals surface area contributed by atoms with Crippen LogP contribution in [0.2, 0.25) is 0 Å². The quantitative estimate of drug-likeness (QED) is 0.362. The summed E-state index contributed by atoms with van der Waals surface area (Å²) < 4.78 is 7.64. The molecule has 0 fully saturated rings. The van der Waals surface area contributed by atoms with E-state index in [1.54, 1.807) is 12.3 Å². The summed E-state index contributed by atoms with van der Waals surface area (Å²) in [6.07, 6.45) is 5.26. The number of nitrogens with zero attached hydrogens (tertiary/aromatic N) is 3. The Morgan fingerprint density at radius 1 is 1.18 bits per heavy atom. The van der Waals surface area contributed by atoms with Gasteiger partial charge in [0, 0.05) is 34.4 Å². The van der Waals surface area contributed by atoms with Crippen molar-refractivity contribution in [3.05, 3.63) is 75.4 Å². The number of halogens is 1. The smallest absolute Gasteiger partial charge is 0.293 e. The third kappa shape index (κ3) is 4.31. The molecule has 0 atom stereocenters. The van der Waals surface area contributed by atoms with E-state index in [9.17, 15) is 9.59 Å². The zero-order chi connectivity index (χ0) is 22.9. The average molecular weight is 524 g/mol. The second-order valence-electron chi connectivity index (χ2n) is 7.54. The maximum atomic E-state index is 13.0. The van der Waals surface area contributed by atoms with Gasteiger partial charge in [0.2, 0.25) is 0 Å². The first-order valence-corrected chi connectivity index (χ1v) is 11.9. The highest BCUT2D eigenvalue weighted by Gasteiger charge is 2.28. The maximum absolute atomic E-state index is 13.0. The van der Waals surface area contributed by atoms with E-state index in [4.69, 9.17) is 4.42 Å². The third-order valence-electron chi connectivity index (χ3n) is 5.31. The summed E-state index contributed by atoms with van der Waals surface area (Å²) in [4.78, 5) is 33.9. The zero-order valence-electron chi connectivity index (χ0n) is 17.5. The number of benzene rings is 1. The Bertz CT molecular complexity index is 1390. The van der Waals surface area contributed by atoms with Gasteiger partial charge in [-0.3, -0.25) is 19.9 Å². The predicted octanol–water partition coefficient (Wildman–Crippen LogP) is 5.08. The van der Waals surface area contributed by atoms with Crippen LogP contribution in [0.15, 0.2) is 56.7 Å². The molecular formula is C23H18BrN5O3S. The fourth-order valence-electron chi connectivity index (χ4n) is 3.80. The number of hydrogen-bond acceptors (Lipinski definition) is 7. The SMILES string of the molecule is Cc1c(C(=O)Nc2nc3ccccc3s2)oc2c1/C(=N/NC(=O)c1cncc(Br)c1)CCC2. The standard InChI is InChI=1S/C23H18BrN5O3S/c1-12-19-16(28-29-21(30)13-9-14(24)11-25-10-13)6-4-7-17(19)32-20(12)22(31)27-23-26-15-5-2-3-8-18(15)33-23/h2-3,5,8-11H,4,6-7H2,1H3,(H,29,30)(H,26,27,31)/b28-16+. The Balaban J connectivity index is 1.38. The molecular weight excluding hydrogens is 506 g/mol. The Hall–Kier alpha value is -3.37. The number of furan rings is 1. The number of amides is 2. The monoisotopic (exact) mass is 523 g/mol. The van der Waals surface area contributed by atoms with Crippen molar-refractivity contribution in [2.75, 3.05) is 5.32 Å². The maximum Gasteiger partial charge on any atom is 0.293 e. The lowest BCUT2D eigenvalue weighted by molar-refractivity contribution is 0.0953. The van der Waals surface area contributed by atoms with Gasteiger partial charge in [0.15, 0.2) is 10.9 Å². The molecule has 1 aliphatic rings. The van der Waals surface area contributed by atoms with E-state index in [-0.39, 0.29) is 17.6 Å². The van der Waals surface area contributed by atoms with Gasteiger partial charge in [-0.05, 0) is 53.9 Å². The average Bonchev–Trinajstić information content (AvgIpc) is 3.38. The lowest BCUT2D eigenvalue weighted by Crippen LogP contribution is -2.22. The first-order valence-electron chi connectivity index (χ1n) is 10.3. The fraction of sp³-hybridized carbons (Fsp3) is 0.174. The van der Waals surface area contributed by atoms with Gasteiger partial charge in [-0.2, -0.15) is 5.10 Å². The number of para-hydroxylation sites is 1. The largest absolute Gasteiger partial charge is 0.455 e. The molecule has 166 valence electrons. The number of aromatic nitrogens is 2. The lowest BCUT2D eigenvalue weighted by Gasteiger charge is -2.13. The van der Waals surface area contributed by atoms with E-state index in [0.717, 1.165) is 22.2 Å². The number of fused-ring (bicyclic) bond motifs is 2. The van der Waals surface area contributed by atoms with Crippen molar-refractivity contribution in [1.29, 1.82) is 0 Å². The van der Waals surface area contributed by atoms with Gasteiger partial charge in [0.1, 0.15) is 5.76 Å². The van der Waals surface area contributed by atoms with E-state index in [0.29, 0.717) is 45.0 Å².